The highest BCUT2D eigenvalue weighted by Gasteiger charge is 2.34. The topological polar surface area (TPSA) is 26.3 Å². The molecule has 1 saturated carbocycles. The van der Waals surface area contributed by atoms with Gasteiger partial charge in [-0.1, -0.05) is 0 Å². The van der Waals surface area contributed by atoms with E-state index in [1.54, 1.807) is 0 Å². The van der Waals surface area contributed by atoms with Crippen LogP contribution in [0.1, 0.15) is 26.2 Å². The fourth-order valence-corrected chi connectivity index (χ4v) is 2.08. The first-order chi connectivity index (χ1) is 5.25. The van der Waals surface area contributed by atoms with Gasteiger partial charge >= 0.3 is 5.97 Å². The lowest BCUT2D eigenvalue weighted by Gasteiger charge is -2.11. The molecule has 2 aliphatic carbocycles. The van der Waals surface area contributed by atoms with Crippen LogP contribution in [-0.2, 0) is 9.53 Å². The molecule has 60 valence electrons. The van der Waals surface area contributed by atoms with E-state index < -0.39 is 0 Å². The van der Waals surface area contributed by atoms with Gasteiger partial charge < -0.3 is 4.74 Å². The van der Waals surface area contributed by atoms with E-state index in [1.165, 1.54) is 26.2 Å². The van der Waals surface area contributed by atoms with Gasteiger partial charge in [0.2, 0.25) is 0 Å². The molecule has 2 aliphatic rings. The summed E-state index contributed by atoms with van der Waals surface area (Å²) in [5.41, 5.74) is 0. The summed E-state index contributed by atoms with van der Waals surface area (Å²) in [6, 6.07) is 0. The lowest BCUT2D eigenvalue weighted by atomic mass is 10.1. The van der Waals surface area contributed by atoms with Crippen LogP contribution in [0.4, 0.5) is 0 Å². The third kappa shape index (κ3) is 1.17. The molecule has 2 bridgehead atoms. The van der Waals surface area contributed by atoms with Crippen LogP contribution < -0.4 is 0 Å². The van der Waals surface area contributed by atoms with Crippen molar-refractivity contribution in [3.63, 3.8) is 0 Å². The highest BCUT2D eigenvalue weighted by atomic mass is 16.5. The molecule has 2 unspecified atom stereocenters. The molecule has 0 amide bonds. The Morgan fingerprint density at radius 1 is 1.64 bits per heavy atom. The van der Waals surface area contributed by atoms with E-state index in [0.29, 0.717) is 11.8 Å². The van der Waals surface area contributed by atoms with Crippen LogP contribution in [-0.4, -0.2) is 5.97 Å². The van der Waals surface area contributed by atoms with Gasteiger partial charge in [0.15, 0.2) is 0 Å². The summed E-state index contributed by atoms with van der Waals surface area (Å²) in [6.45, 7) is 1.47. The van der Waals surface area contributed by atoms with Crippen LogP contribution in [0.3, 0.4) is 0 Å². The number of carbonyl (C=O) groups excluding carboxylic acids is 1. The minimum Gasteiger partial charge on any atom is -0.431 e. The van der Waals surface area contributed by atoms with Crippen molar-refractivity contribution in [3.05, 3.63) is 11.8 Å². The zero-order valence-corrected chi connectivity index (χ0v) is 6.67. The number of allylic oxidation sites excluding steroid dienone is 2. The molecular weight excluding hydrogens is 140 g/mol. The molecule has 0 aromatic heterocycles. The van der Waals surface area contributed by atoms with E-state index in [0.717, 1.165) is 5.76 Å². The maximum Gasteiger partial charge on any atom is 0.307 e. The molecule has 0 radical (unpaired) electrons. The fourth-order valence-electron chi connectivity index (χ4n) is 2.08. The number of esters is 1. The second-order valence-corrected chi connectivity index (χ2v) is 3.43. The van der Waals surface area contributed by atoms with Crippen LogP contribution in [0.2, 0.25) is 0 Å². The number of hydrogen-bond acceptors (Lipinski definition) is 2. The lowest BCUT2D eigenvalue weighted by Crippen LogP contribution is -2.05. The highest BCUT2D eigenvalue weighted by Crippen LogP contribution is 2.43. The average molecular weight is 152 g/mol. The van der Waals surface area contributed by atoms with Crippen LogP contribution in [0.5, 0.6) is 0 Å². The Bertz CT molecular complexity index is 218. The Morgan fingerprint density at radius 2 is 2.45 bits per heavy atom. The summed E-state index contributed by atoms with van der Waals surface area (Å²) >= 11 is 0. The molecule has 2 nitrogen and oxygen atoms in total. The lowest BCUT2D eigenvalue weighted by molar-refractivity contribution is -0.137. The van der Waals surface area contributed by atoms with Gasteiger partial charge in [0.25, 0.3) is 0 Å². The quantitative estimate of drug-likeness (QED) is 0.536. The van der Waals surface area contributed by atoms with Crippen LogP contribution in [0.15, 0.2) is 11.8 Å². The molecule has 0 aliphatic heterocycles. The predicted octanol–water partition coefficient (Wildman–Crippen LogP) is 1.86. The maximum atomic E-state index is 10.6. The predicted molar refractivity (Wildman–Crippen MR) is 40.7 cm³/mol. The van der Waals surface area contributed by atoms with E-state index >= 15 is 0 Å². The van der Waals surface area contributed by atoms with Crippen molar-refractivity contribution in [2.24, 2.45) is 11.8 Å². The van der Waals surface area contributed by atoms with Crippen LogP contribution in [0, 0.1) is 11.8 Å². The molecule has 0 N–H and O–H groups in total. The Kier molecular flexibility index (Phi) is 1.48. The third-order valence-electron chi connectivity index (χ3n) is 2.54. The molecule has 0 heterocycles. The first kappa shape index (κ1) is 6.89. The first-order valence-electron chi connectivity index (χ1n) is 4.16. The second kappa shape index (κ2) is 2.36. The van der Waals surface area contributed by atoms with Gasteiger partial charge in [0, 0.05) is 12.8 Å². The third-order valence-corrected chi connectivity index (χ3v) is 2.54. The average Bonchev–Trinajstić information content (AvgIpc) is 2.45. The summed E-state index contributed by atoms with van der Waals surface area (Å²) in [5.74, 6) is 2.02. The highest BCUT2D eigenvalue weighted by molar-refractivity contribution is 5.67. The Balaban J connectivity index is 2.05. The molecule has 0 aromatic rings. The van der Waals surface area contributed by atoms with Crippen LogP contribution in [0.25, 0.3) is 0 Å². The zero-order valence-electron chi connectivity index (χ0n) is 6.67. The molecule has 2 atom stereocenters. The van der Waals surface area contributed by atoms with Gasteiger partial charge in [-0.25, -0.2) is 0 Å². The van der Waals surface area contributed by atoms with Gasteiger partial charge in [-0.2, -0.15) is 0 Å². The van der Waals surface area contributed by atoms with E-state index in [2.05, 4.69) is 6.08 Å². The number of rotatable bonds is 1. The minimum atomic E-state index is -0.177. The van der Waals surface area contributed by atoms with Crippen molar-refractivity contribution in [2.45, 2.75) is 26.2 Å². The normalized spacial score (nSPS) is 33.7. The summed E-state index contributed by atoms with van der Waals surface area (Å²) in [6.07, 6.45) is 5.83. The van der Waals surface area contributed by atoms with Gasteiger partial charge in [-0.05, 0) is 31.3 Å². The summed E-state index contributed by atoms with van der Waals surface area (Å²) in [4.78, 5) is 10.6. The molecule has 2 heteroatoms. The van der Waals surface area contributed by atoms with Crippen molar-refractivity contribution in [3.8, 4) is 0 Å². The van der Waals surface area contributed by atoms with Crippen LogP contribution >= 0.6 is 0 Å². The van der Waals surface area contributed by atoms with Gasteiger partial charge in [0.05, 0.1) is 0 Å². The van der Waals surface area contributed by atoms with Gasteiger partial charge in [0.1, 0.15) is 5.76 Å². The monoisotopic (exact) mass is 152 g/mol. The SMILES string of the molecule is CC(=O)OC1=CC2CCC1C2. The molecule has 2 rings (SSSR count). The Morgan fingerprint density at radius 3 is 2.91 bits per heavy atom. The molecule has 0 saturated heterocycles. The fraction of sp³-hybridized carbons (Fsp3) is 0.667. The molecule has 1 fully saturated rings. The number of ether oxygens (including phenoxy) is 1. The van der Waals surface area contributed by atoms with Gasteiger partial charge in [-0.3, -0.25) is 4.79 Å². The number of carbonyl (C=O) groups is 1. The van der Waals surface area contributed by atoms with E-state index in [4.69, 9.17) is 4.74 Å². The molecular formula is C9H12O2. The first-order valence-corrected chi connectivity index (χ1v) is 4.16. The zero-order chi connectivity index (χ0) is 7.84. The molecule has 11 heavy (non-hydrogen) atoms. The second-order valence-electron chi connectivity index (χ2n) is 3.43. The van der Waals surface area contributed by atoms with Crippen molar-refractivity contribution < 1.29 is 9.53 Å². The van der Waals surface area contributed by atoms with Crippen molar-refractivity contribution in [1.82, 2.24) is 0 Å². The Hall–Kier alpha value is -0.790. The summed E-state index contributed by atoms with van der Waals surface area (Å²) < 4.78 is 5.07. The number of fused-ring (bicyclic) bond motifs is 2. The molecule has 0 spiro atoms. The van der Waals surface area contributed by atoms with Crippen molar-refractivity contribution >= 4 is 5.97 Å². The minimum absolute atomic E-state index is 0.177. The van der Waals surface area contributed by atoms with E-state index in [9.17, 15) is 4.79 Å². The number of hydrogen-bond donors (Lipinski definition) is 0. The van der Waals surface area contributed by atoms with E-state index in [-0.39, 0.29) is 5.97 Å². The van der Waals surface area contributed by atoms with Crippen molar-refractivity contribution in [2.75, 3.05) is 0 Å². The maximum absolute atomic E-state index is 10.6. The molecule has 0 aromatic carbocycles. The summed E-state index contributed by atoms with van der Waals surface area (Å²) in [5, 5.41) is 0. The van der Waals surface area contributed by atoms with Crippen molar-refractivity contribution in [1.29, 1.82) is 0 Å². The smallest absolute Gasteiger partial charge is 0.307 e. The van der Waals surface area contributed by atoms with E-state index in [1.807, 2.05) is 0 Å². The largest absolute Gasteiger partial charge is 0.431 e. The van der Waals surface area contributed by atoms with Gasteiger partial charge in [-0.15, -0.1) is 0 Å². The summed E-state index contributed by atoms with van der Waals surface area (Å²) in [7, 11) is 0. The Labute approximate surface area is 66.2 Å². The standard InChI is InChI=1S/C9H12O2/c1-6(10)11-9-5-7-2-3-8(9)4-7/h5,7-8H,2-4H2,1H3.